The molecule has 0 aliphatic carbocycles. The summed E-state index contributed by atoms with van der Waals surface area (Å²) in [6.07, 6.45) is 2.83. The summed E-state index contributed by atoms with van der Waals surface area (Å²) >= 11 is 0. The van der Waals surface area contributed by atoms with E-state index in [-0.39, 0.29) is 17.9 Å². The molecule has 0 unspecified atom stereocenters. The highest BCUT2D eigenvalue weighted by Gasteiger charge is 2.46. The highest BCUT2D eigenvalue weighted by molar-refractivity contribution is 5.94. The van der Waals surface area contributed by atoms with Gasteiger partial charge < -0.3 is 10.2 Å². The smallest absolute Gasteiger partial charge is 0.272 e. The van der Waals surface area contributed by atoms with Crippen molar-refractivity contribution >= 4 is 11.8 Å². The fourth-order valence-corrected chi connectivity index (χ4v) is 4.52. The molecule has 0 saturated carbocycles. The zero-order valence-corrected chi connectivity index (χ0v) is 19.5. The van der Waals surface area contributed by atoms with Crippen molar-refractivity contribution in [3.63, 3.8) is 0 Å². The number of benzene rings is 2. The van der Waals surface area contributed by atoms with Gasteiger partial charge in [0.1, 0.15) is 5.69 Å². The molecule has 1 N–H and O–H groups in total. The number of rotatable bonds is 6. The average molecular weight is 442 g/mol. The van der Waals surface area contributed by atoms with Gasteiger partial charge in [-0.15, -0.1) is 0 Å². The first-order valence-electron chi connectivity index (χ1n) is 11.5. The summed E-state index contributed by atoms with van der Waals surface area (Å²) in [7, 11) is 0. The highest BCUT2D eigenvalue weighted by Crippen LogP contribution is 2.36. The molecule has 1 aliphatic heterocycles. The maximum Gasteiger partial charge on any atom is 0.272 e. The molecule has 0 radical (unpaired) electrons. The zero-order chi connectivity index (χ0) is 23.4. The monoisotopic (exact) mass is 441 g/mol. The summed E-state index contributed by atoms with van der Waals surface area (Å²) in [5.41, 5.74) is 4.36. The molecular formula is C28H31N3O2. The lowest BCUT2D eigenvalue weighted by atomic mass is 9.79. The Hall–Kier alpha value is -3.47. The molecule has 1 atom stereocenters. The second-order valence-corrected chi connectivity index (χ2v) is 9.34. The molecule has 33 heavy (non-hydrogen) atoms. The first-order chi connectivity index (χ1) is 15.9. The number of pyridine rings is 1. The van der Waals surface area contributed by atoms with Crippen LogP contribution in [0.15, 0.2) is 72.9 Å². The largest absolute Gasteiger partial charge is 0.353 e. The molecule has 2 amide bonds. The Kier molecular flexibility index (Phi) is 6.59. The summed E-state index contributed by atoms with van der Waals surface area (Å²) in [4.78, 5) is 32.4. The molecule has 3 aromatic rings. The summed E-state index contributed by atoms with van der Waals surface area (Å²) < 4.78 is 0. The van der Waals surface area contributed by atoms with E-state index in [1.807, 2.05) is 26.0 Å². The quantitative estimate of drug-likeness (QED) is 0.605. The number of amides is 2. The van der Waals surface area contributed by atoms with E-state index in [0.717, 1.165) is 16.7 Å². The first-order valence-corrected chi connectivity index (χ1v) is 11.5. The maximum atomic E-state index is 13.4. The van der Waals surface area contributed by atoms with Crippen molar-refractivity contribution in [2.24, 2.45) is 5.41 Å². The van der Waals surface area contributed by atoms with Crippen LogP contribution in [0.3, 0.4) is 0 Å². The van der Waals surface area contributed by atoms with Gasteiger partial charge in [0.2, 0.25) is 5.91 Å². The van der Waals surface area contributed by atoms with E-state index in [2.05, 4.69) is 59.7 Å². The molecular weight excluding hydrogens is 410 g/mol. The van der Waals surface area contributed by atoms with E-state index in [4.69, 9.17) is 0 Å². The Morgan fingerprint density at radius 3 is 2.52 bits per heavy atom. The molecule has 4 rings (SSSR count). The van der Waals surface area contributed by atoms with E-state index in [1.165, 1.54) is 5.56 Å². The van der Waals surface area contributed by atoms with Crippen molar-refractivity contribution in [1.29, 1.82) is 0 Å². The van der Waals surface area contributed by atoms with Gasteiger partial charge in [0.05, 0.1) is 5.41 Å². The second kappa shape index (κ2) is 9.57. The van der Waals surface area contributed by atoms with Crippen LogP contribution in [0.2, 0.25) is 0 Å². The third kappa shape index (κ3) is 5.14. The van der Waals surface area contributed by atoms with Gasteiger partial charge in [0.25, 0.3) is 5.91 Å². The molecule has 1 saturated heterocycles. The van der Waals surface area contributed by atoms with E-state index in [0.29, 0.717) is 31.6 Å². The van der Waals surface area contributed by atoms with Gasteiger partial charge >= 0.3 is 0 Å². The van der Waals surface area contributed by atoms with E-state index in [9.17, 15) is 9.59 Å². The van der Waals surface area contributed by atoms with Crippen molar-refractivity contribution < 1.29 is 9.59 Å². The SMILES string of the molecule is Cc1ccc(-c2cccc(C[C@@]3(C(=O)NC(C)C)CCN(C(=O)c4ccccn4)C3)c2)cc1. The van der Waals surface area contributed by atoms with Crippen molar-refractivity contribution in [1.82, 2.24) is 15.2 Å². The van der Waals surface area contributed by atoms with Crippen LogP contribution in [0.25, 0.3) is 11.1 Å². The van der Waals surface area contributed by atoms with Gasteiger partial charge in [0, 0.05) is 25.3 Å². The lowest BCUT2D eigenvalue weighted by molar-refractivity contribution is -0.130. The van der Waals surface area contributed by atoms with Crippen LogP contribution in [-0.2, 0) is 11.2 Å². The van der Waals surface area contributed by atoms with Crippen LogP contribution in [0.1, 0.15) is 41.9 Å². The molecule has 5 heteroatoms. The van der Waals surface area contributed by atoms with Gasteiger partial charge in [-0.1, -0.05) is 60.2 Å². The number of aromatic nitrogens is 1. The number of carbonyl (C=O) groups is 2. The van der Waals surface area contributed by atoms with Crippen LogP contribution in [0.5, 0.6) is 0 Å². The Balaban J connectivity index is 1.61. The van der Waals surface area contributed by atoms with Gasteiger partial charge in [-0.05, 0) is 62.4 Å². The van der Waals surface area contributed by atoms with Gasteiger partial charge in [-0.2, -0.15) is 0 Å². The lowest BCUT2D eigenvalue weighted by Crippen LogP contribution is -2.47. The fourth-order valence-electron chi connectivity index (χ4n) is 4.52. The minimum absolute atomic E-state index is 0.00885. The molecule has 0 spiro atoms. The Bertz CT molecular complexity index is 1130. The van der Waals surface area contributed by atoms with Crippen LogP contribution >= 0.6 is 0 Å². The molecule has 0 bridgehead atoms. The van der Waals surface area contributed by atoms with Crippen LogP contribution in [0.4, 0.5) is 0 Å². The molecule has 5 nitrogen and oxygen atoms in total. The number of aryl methyl sites for hydroxylation is 1. The summed E-state index contributed by atoms with van der Waals surface area (Å²) in [5.74, 6) is -0.113. The zero-order valence-electron chi connectivity index (χ0n) is 19.5. The van der Waals surface area contributed by atoms with E-state index < -0.39 is 5.41 Å². The Labute approximate surface area is 195 Å². The molecule has 1 fully saturated rings. The number of hydrogen-bond donors (Lipinski definition) is 1. The maximum absolute atomic E-state index is 13.4. The fraction of sp³-hybridized carbons (Fsp3) is 0.321. The average Bonchev–Trinajstić information content (AvgIpc) is 3.25. The topological polar surface area (TPSA) is 62.3 Å². The normalized spacial score (nSPS) is 17.9. The van der Waals surface area contributed by atoms with Gasteiger partial charge in [-0.3, -0.25) is 14.6 Å². The molecule has 2 aromatic carbocycles. The first kappa shape index (κ1) is 22.7. The predicted molar refractivity (Wildman–Crippen MR) is 131 cm³/mol. The number of nitrogens with zero attached hydrogens (tertiary/aromatic N) is 2. The van der Waals surface area contributed by atoms with Crippen molar-refractivity contribution in [2.45, 2.75) is 39.7 Å². The number of nitrogens with one attached hydrogen (secondary N) is 1. The van der Waals surface area contributed by atoms with Crippen LogP contribution in [-0.4, -0.2) is 40.8 Å². The van der Waals surface area contributed by atoms with E-state index >= 15 is 0 Å². The number of likely N-dealkylation sites (tertiary alicyclic amines) is 1. The molecule has 2 heterocycles. The van der Waals surface area contributed by atoms with Crippen molar-refractivity contribution in [2.75, 3.05) is 13.1 Å². The minimum atomic E-state index is -0.666. The Morgan fingerprint density at radius 1 is 1.03 bits per heavy atom. The summed E-state index contributed by atoms with van der Waals surface area (Å²) in [6.45, 7) is 6.94. The summed E-state index contributed by atoms with van der Waals surface area (Å²) in [5, 5.41) is 3.11. The third-order valence-corrected chi connectivity index (χ3v) is 6.28. The van der Waals surface area contributed by atoms with Crippen LogP contribution in [0, 0.1) is 12.3 Å². The lowest BCUT2D eigenvalue weighted by Gasteiger charge is -2.29. The number of carbonyl (C=O) groups excluding carboxylic acids is 2. The predicted octanol–water partition coefficient (Wildman–Crippen LogP) is 4.66. The van der Waals surface area contributed by atoms with Crippen molar-refractivity contribution in [3.05, 3.63) is 89.7 Å². The van der Waals surface area contributed by atoms with Crippen LogP contribution < -0.4 is 5.32 Å². The minimum Gasteiger partial charge on any atom is -0.353 e. The van der Waals surface area contributed by atoms with Gasteiger partial charge in [-0.25, -0.2) is 0 Å². The van der Waals surface area contributed by atoms with Gasteiger partial charge in [0.15, 0.2) is 0 Å². The van der Waals surface area contributed by atoms with Crippen molar-refractivity contribution in [3.8, 4) is 11.1 Å². The molecule has 1 aromatic heterocycles. The van der Waals surface area contributed by atoms with E-state index in [1.54, 1.807) is 23.2 Å². The number of hydrogen-bond acceptors (Lipinski definition) is 3. The Morgan fingerprint density at radius 2 is 1.82 bits per heavy atom. The highest BCUT2D eigenvalue weighted by atomic mass is 16.2. The second-order valence-electron chi connectivity index (χ2n) is 9.34. The molecule has 170 valence electrons. The summed E-state index contributed by atoms with van der Waals surface area (Å²) in [6, 6.07) is 22.2. The standard InChI is InChI=1S/C28H31N3O2/c1-20(2)30-27(33)28(14-16-31(19-28)26(32)25-9-4-5-15-29-25)18-22-7-6-8-24(17-22)23-12-10-21(3)11-13-23/h4-13,15,17,20H,14,16,18-19H2,1-3H3,(H,30,33)/t28-/m0/s1. The third-order valence-electron chi connectivity index (χ3n) is 6.28. The molecule has 1 aliphatic rings.